The summed E-state index contributed by atoms with van der Waals surface area (Å²) >= 11 is 0. The summed E-state index contributed by atoms with van der Waals surface area (Å²) in [5, 5.41) is 14.3. The first kappa shape index (κ1) is 21.3. The summed E-state index contributed by atoms with van der Waals surface area (Å²) < 4.78 is 5.45. The fourth-order valence-electron chi connectivity index (χ4n) is 4.25. The standard InChI is InChI=1S/C25H29N3O3/c1-31-24-6-2-4-20(17-29)25(24)27-21-9-12-28(13-10-21)16-22(30)15-18-7-8-23-19(14-18)5-3-11-26-23/h2-8,11,14,21,27,29H,9-10,12-13,15-17H2,1H3. The Morgan fingerprint density at radius 3 is 2.81 bits per heavy atom. The fraction of sp³-hybridized carbons (Fsp3) is 0.360. The van der Waals surface area contributed by atoms with Crippen molar-refractivity contribution in [2.24, 2.45) is 0 Å². The lowest BCUT2D eigenvalue weighted by atomic mass is 10.0. The van der Waals surface area contributed by atoms with Gasteiger partial charge in [-0.2, -0.15) is 0 Å². The first-order valence-corrected chi connectivity index (χ1v) is 10.8. The van der Waals surface area contributed by atoms with Gasteiger partial charge in [0.2, 0.25) is 0 Å². The number of methoxy groups -OCH3 is 1. The molecule has 0 bridgehead atoms. The minimum Gasteiger partial charge on any atom is -0.495 e. The lowest BCUT2D eigenvalue weighted by molar-refractivity contribution is -0.119. The highest BCUT2D eigenvalue weighted by Crippen LogP contribution is 2.30. The topological polar surface area (TPSA) is 74.7 Å². The number of aliphatic hydroxyl groups is 1. The molecule has 0 unspecified atom stereocenters. The predicted octanol–water partition coefficient (Wildman–Crippen LogP) is 3.42. The molecule has 0 aliphatic carbocycles. The van der Waals surface area contributed by atoms with Crippen molar-refractivity contribution in [2.75, 3.05) is 32.1 Å². The predicted molar refractivity (Wildman–Crippen MR) is 122 cm³/mol. The number of Topliss-reactive ketones (excluding diaryl/α,β-unsaturated/α-hetero) is 1. The molecule has 1 saturated heterocycles. The van der Waals surface area contributed by atoms with Gasteiger partial charge in [-0.25, -0.2) is 0 Å². The molecule has 1 aromatic heterocycles. The molecular formula is C25H29N3O3. The van der Waals surface area contributed by atoms with Gasteiger partial charge in [0, 0.05) is 42.7 Å². The van der Waals surface area contributed by atoms with Gasteiger partial charge in [-0.1, -0.05) is 24.3 Å². The third-order valence-electron chi connectivity index (χ3n) is 5.91. The molecule has 1 aliphatic heterocycles. The van der Waals surface area contributed by atoms with E-state index < -0.39 is 0 Å². The van der Waals surface area contributed by atoms with Crippen molar-refractivity contribution >= 4 is 22.4 Å². The van der Waals surface area contributed by atoms with Crippen molar-refractivity contribution in [3.05, 3.63) is 65.9 Å². The maximum Gasteiger partial charge on any atom is 0.151 e. The molecule has 0 spiro atoms. The highest BCUT2D eigenvalue weighted by atomic mass is 16.5. The Morgan fingerprint density at radius 2 is 2.03 bits per heavy atom. The number of fused-ring (bicyclic) bond motifs is 1. The molecule has 0 amide bonds. The van der Waals surface area contributed by atoms with Crippen LogP contribution in [-0.2, 0) is 17.8 Å². The summed E-state index contributed by atoms with van der Waals surface area (Å²) in [7, 11) is 1.64. The van der Waals surface area contributed by atoms with Crippen LogP contribution in [-0.4, -0.2) is 53.6 Å². The SMILES string of the molecule is COc1cccc(CO)c1NC1CCN(CC(=O)Cc2ccc3ncccc3c2)CC1. The minimum absolute atomic E-state index is 0.0300. The normalized spacial score (nSPS) is 15.2. The zero-order chi connectivity index (χ0) is 21.6. The summed E-state index contributed by atoms with van der Waals surface area (Å²) in [6.45, 7) is 2.19. The molecule has 162 valence electrons. The number of carbonyl (C=O) groups excluding carboxylic acids is 1. The number of pyridine rings is 1. The molecule has 1 aliphatic rings. The summed E-state index contributed by atoms with van der Waals surface area (Å²) in [6, 6.07) is 16.0. The number of hydrogen-bond donors (Lipinski definition) is 2. The van der Waals surface area contributed by atoms with Gasteiger partial charge in [-0.15, -0.1) is 0 Å². The number of ketones is 1. The number of ether oxygens (including phenoxy) is 1. The number of benzene rings is 2. The van der Waals surface area contributed by atoms with E-state index in [2.05, 4.69) is 21.3 Å². The van der Waals surface area contributed by atoms with Crippen LogP contribution in [0.4, 0.5) is 5.69 Å². The van der Waals surface area contributed by atoms with Crippen molar-refractivity contribution < 1.29 is 14.6 Å². The minimum atomic E-state index is -0.0300. The number of aliphatic hydroxyl groups excluding tert-OH is 1. The van der Waals surface area contributed by atoms with Crippen molar-refractivity contribution in [2.45, 2.75) is 31.9 Å². The van der Waals surface area contributed by atoms with Gasteiger partial charge >= 0.3 is 0 Å². The Labute approximate surface area is 182 Å². The quantitative estimate of drug-likeness (QED) is 0.583. The van der Waals surface area contributed by atoms with Crippen LogP contribution in [0, 0.1) is 0 Å². The van der Waals surface area contributed by atoms with Gasteiger partial charge in [0.1, 0.15) is 5.75 Å². The van der Waals surface area contributed by atoms with Crippen LogP contribution in [0.1, 0.15) is 24.0 Å². The van der Waals surface area contributed by atoms with E-state index in [9.17, 15) is 9.90 Å². The first-order chi connectivity index (χ1) is 15.2. The number of rotatable bonds is 8. The smallest absolute Gasteiger partial charge is 0.151 e. The summed E-state index contributed by atoms with van der Waals surface area (Å²) in [6.07, 6.45) is 4.11. The largest absolute Gasteiger partial charge is 0.495 e. The van der Waals surface area contributed by atoms with Crippen molar-refractivity contribution in [3.63, 3.8) is 0 Å². The van der Waals surface area contributed by atoms with Crippen LogP contribution in [0.3, 0.4) is 0 Å². The molecule has 3 aromatic rings. The molecule has 31 heavy (non-hydrogen) atoms. The molecule has 2 N–H and O–H groups in total. The molecule has 0 atom stereocenters. The summed E-state index contributed by atoms with van der Waals surface area (Å²) in [5.74, 6) is 0.983. The average Bonchev–Trinajstić information content (AvgIpc) is 2.80. The molecule has 1 fully saturated rings. The van der Waals surface area contributed by atoms with E-state index in [1.54, 1.807) is 13.3 Å². The molecule has 6 nitrogen and oxygen atoms in total. The second kappa shape index (κ2) is 9.90. The monoisotopic (exact) mass is 419 g/mol. The molecule has 4 rings (SSSR count). The van der Waals surface area contributed by atoms with Crippen molar-refractivity contribution in [1.82, 2.24) is 9.88 Å². The molecule has 2 heterocycles. The van der Waals surface area contributed by atoms with E-state index >= 15 is 0 Å². The molecule has 0 radical (unpaired) electrons. The second-order valence-electron chi connectivity index (χ2n) is 8.09. The van der Waals surface area contributed by atoms with Crippen LogP contribution < -0.4 is 10.1 Å². The number of piperidine rings is 1. The number of anilines is 1. The lowest BCUT2D eigenvalue weighted by Crippen LogP contribution is -2.41. The number of nitrogens with zero attached hydrogens (tertiary/aromatic N) is 2. The maximum atomic E-state index is 12.6. The zero-order valence-electron chi connectivity index (χ0n) is 17.9. The number of aromatic nitrogens is 1. The number of hydrogen-bond acceptors (Lipinski definition) is 6. The molecule has 0 saturated carbocycles. The number of nitrogens with one attached hydrogen (secondary N) is 1. The maximum absolute atomic E-state index is 12.6. The number of carbonyl (C=O) groups is 1. The zero-order valence-corrected chi connectivity index (χ0v) is 17.9. The Kier molecular flexibility index (Phi) is 6.79. The van der Waals surface area contributed by atoms with Gasteiger partial charge in [-0.05, 0) is 42.7 Å². The Balaban J connectivity index is 1.29. The van der Waals surface area contributed by atoms with Gasteiger partial charge in [0.15, 0.2) is 5.78 Å². The third kappa shape index (κ3) is 5.21. The van der Waals surface area contributed by atoms with Gasteiger partial charge in [0.25, 0.3) is 0 Å². The van der Waals surface area contributed by atoms with Gasteiger partial charge in [0.05, 0.1) is 31.5 Å². The summed E-state index contributed by atoms with van der Waals surface area (Å²) in [5.41, 5.74) is 3.69. The average molecular weight is 420 g/mol. The van der Waals surface area contributed by atoms with Crippen molar-refractivity contribution in [1.29, 1.82) is 0 Å². The first-order valence-electron chi connectivity index (χ1n) is 10.8. The second-order valence-corrected chi connectivity index (χ2v) is 8.09. The highest BCUT2D eigenvalue weighted by molar-refractivity contribution is 5.85. The van der Waals surface area contributed by atoms with Crippen LogP contribution >= 0.6 is 0 Å². The van der Waals surface area contributed by atoms with Crippen molar-refractivity contribution in [3.8, 4) is 5.75 Å². The van der Waals surface area contributed by atoms with E-state index in [4.69, 9.17) is 4.74 Å². The van der Waals surface area contributed by atoms with Crippen LogP contribution in [0.25, 0.3) is 10.9 Å². The van der Waals surface area contributed by atoms with E-state index in [1.807, 2.05) is 42.5 Å². The number of likely N-dealkylation sites (tertiary alicyclic amines) is 1. The Bertz CT molecular complexity index is 1020. The summed E-state index contributed by atoms with van der Waals surface area (Å²) in [4.78, 5) is 19.2. The fourth-order valence-corrected chi connectivity index (χ4v) is 4.25. The number of para-hydroxylation sites is 1. The van der Waals surface area contributed by atoms with Crippen LogP contribution in [0.2, 0.25) is 0 Å². The molecular weight excluding hydrogens is 390 g/mol. The highest BCUT2D eigenvalue weighted by Gasteiger charge is 2.22. The van der Waals surface area contributed by atoms with Crippen LogP contribution in [0.5, 0.6) is 5.75 Å². The Hall–Kier alpha value is -2.96. The lowest BCUT2D eigenvalue weighted by Gasteiger charge is -2.33. The molecule has 6 heteroatoms. The molecule has 2 aromatic carbocycles. The van der Waals surface area contributed by atoms with E-state index in [-0.39, 0.29) is 12.4 Å². The third-order valence-corrected chi connectivity index (χ3v) is 5.91. The van der Waals surface area contributed by atoms with Gasteiger partial charge < -0.3 is 15.2 Å². The van der Waals surface area contributed by atoms with E-state index in [1.165, 1.54) is 0 Å². The Morgan fingerprint density at radius 1 is 1.19 bits per heavy atom. The van der Waals surface area contributed by atoms with E-state index in [0.29, 0.717) is 19.0 Å². The van der Waals surface area contributed by atoms with E-state index in [0.717, 1.165) is 59.4 Å². The van der Waals surface area contributed by atoms with Gasteiger partial charge in [-0.3, -0.25) is 14.7 Å². The van der Waals surface area contributed by atoms with Crippen LogP contribution in [0.15, 0.2) is 54.7 Å².